The highest BCUT2D eigenvalue weighted by Crippen LogP contribution is 2.45. The lowest BCUT2D eigenvalue weighted by molar-refractivity contribution is -0.157. The molecular weight excluding hydrogens is 232 g/mol. The third-order valence-electron chi connectivity index (χ3n) is 3.05. The number of carbonyl (C=O) groups excluding carboxylic acids is 1. The smallest absolute Gasteiger partial charge is 0.168 e. The fraction of sp³-hybridized carbons (Fsp3) is 0.700. The van der Waals surface area contributed by atoms with Gasteiger partial charge in [-0.3, -0.25) is 4.79 Å². The molecule has 2 aliphatic rings. The highest BCUT2D eigenvalue weighted by molar-refractivity contribution is 9.09. The first kappa shape index (κ1) is 9.41. The quantitative estimate of drug-likeness (QED) is 0.523. The zero-order valence-electron chi connectivity index (χ0n) is 7.89. The standard InChI is InChI=1S/C10H13BrO2/c1-9-4-3-8(12)10(2,13-9)7(5-9)6-11/h5H,3-4,6H2,1-2H3. The lowest BCUT2D eigenvalue weighted by Gasteiger charge is -2.36. The highest BCUT2D eigenvalue weighted by Gasteiger charge is 2.52. The van der Waals surface area contributed by atoms with Crippen LogP contribution in [0.2, 0.25) is 0 Å². The Balaban J connectivity index is 2.44. The van der Waals surface area contributed by atoms with Crippen molar-refractivity contribution in [2.24, 2.45) is 0 Å². The Hall–Kier alpha value is -0.150. The first-order valence-corrected chi connectivity index (χ1v) is 5.64. The third-order valence-corrected chi connectivity index (χ3v) is 3.66. The van der Waals surface area contributed by atoms with E-state index < -0.39 is 5.60 Å². The first-order chi connectivity index (χ1) is 6.00. The molecule has 0 aliphatic carbocycles. The molecule has 0 N–H and O–H groups in total. The van der Waals surface area contributed by atoms with Gasteiger partial charge >= 0.3 is 0 Å². The molecule has 2 bridgehead atoms. The molecule has 1 fully saturated rings. The number of rotatable bonds is 1. The van der Waals surface area contributed by atoms with E-state index in [-0.39, 0.29) is 11.4 Å². The molecule has 2 heterocycles. The highest BCUT2D eigenvalue weighted by atomic mass is 79.9. The zero-order valence-corrected chi connectivity index (χ0v) is 9.48. The van der Waals surface area contributed by atoms with Crippen LogP contribution in [0.4, 0.5) is 0 Å². The lowest BCUT2D eigenvalue weighted by atomic mass is 9.90. The van der Waals surface area contributed by atoms with E-state index in [9.17, 15) is 4.79 Å². The fourth-order valence-electron chi connectivity index (χ4n) is 2.19. The van der Waals surface area contributed by atoms with Crippen molar-refractivity contribution in [1.29, 1.82) is 0 Å². The summed E-state index contributed by atoms with van der Waals surface area (Å²) in [5.74, 6) is 0.216. The molecule has 72 valence electrons. The van der Waals surface area contributed by atoms with Gasteiger partial charge in [0, 0.05) is 11.8 Å². The molecular formula is C10H13BrO2. The predicted molar refractivity (Wildman–Crippen MR) is 54.0 cm³/mol. The number of halogens is 1. The van der Waals surface area contributed by atoms with Crippen LogP contribution in [-0.2, 0) is 9.53 Å². The molecule has 0 amide bonds. The van der Waals surface area contributed by atoms with Gasteiger partial charge in [-0.2, -0.15) is 0 Å². The van der Waals surface area contributed by atoms with Crippen molar-refractivity contribution in [1.82, 2.24) is 0 Å². The largest absolute Gasteiger partial charge is 0.353 e. The van der Waals surface area contributed by atoms with Crippen LogP contribution in [0.3, 0.4) is 0 Å². The van der Waals surface area contributed by atoms with E-state index in [1.165, 1.54) is 0 Å². The van der Waals surface area contributed by atoms with E-state index in [0.29, 0.717) is 6.42 Å². The summed E-state index contributed by atoms with van der Waals surface area (Å²) in [4.78, 5) is 11.7. The number of carbonyl (C=O) groups is 1. The van der Waals surface area contributed by atoms with E-state index in [1.54, 1.807) is 0 Å². The number of ketones is 1. The summed E-state index contributed by atoms with van der Waals surface area (Å²) in [6.07, 6.45) is 3.56. The molecule has 2 aliphatic heterocycles. The second kappa shape index (κ2) is 2.67. The Kier molecular flexibility index (Phi) is 1.93. The molecule has 0 saturated carbocycles. The van der Waals surface area contributed by atoms with Crippen LogP contribution in [0.15, 0.2) is 11.6 Å². The maximum atomic E-state index is 11.7. The maximum Gasteiger partial charge on any atom is 0.168 e. The van der Waals surface area contributed by atoms with Gasteiger partial charge in [-0.25, -0.2) is 0 Å². The van der Waals surface area contributed by atoms with Crippen LogP contribution < -0.4 is 0 Å². The number of hydrogen-bond donors (Lipinski definition) is 0. The van der Waals surface area contributed by atoms with Crippen molar-refractivity contribution in [3.63, 3.8) is 0 Å². The van der Waals surface area contributed by atoms with Crippen molar-refractivity contribution in [3.8, 4) is 0 Å². The summed E-state index contributed by atoms with van der Waals surface area (Å²) in [5.41, 5.74) is 0.236. The molecule has 3 heteroatoms. The van der Waals surface area contributed by atoms with Crippen LogP contribution in [0.25, 0.3) is 0 Å². The van der Waals surface area contributed by atoms with Gasteiger partial charge in [-0.15, -0.1) is 0 Å². The first-order valence-electron chi connectivity index (χ1n) is 4.52. The number of alkyl halides is 1. The van der Waals surface area contributed by atoms with Crippen LogP contribution in [-0.4, -0.2) is 22.3 Å². The summed E-state index contributed by atoms with van der Waals surface area (Å²) in [7, 11) is 0. The molecule has 13 heavy (non-hydrogen) atoms. The molecule has 2 nitrogen and oxygen atoms in total. The number of hydrogen-bond acceptors (Lipinski definition) is 2. The Morgan fingerprint density at radius 1 is 1.62 bits per heavy atom. The number of Topliss-reactive ketones (excluding diaryl/α,β-unsaturated/α-hetero) is 1. The van der Waals surface area contributed by atoms with Gasteiger partial charge < -0.3 is 4.74 Å². The second-order valence-electron chi connectivity index (χ2n) is 4.17. The van der Waals surface area contributed by atoms with Gasteiger partial charge in [-0.1, -0.05) is 15.9 Å². The number of fused-ring (bicyclic) bond motifs is 2. The normalized spacial score (nSPS) is 43.6. The molecule has 0 aromatic carbocycles. The van der Waals surface area contributed by atoms with Gasteiger partial charge in [0.2, 0.25) is 0 Å². The summed E-state index contributed by atoms with van der Waals surface area (Å²) < 4.78 is 5.82. The average Bonchev–Trinajstić information content (AvgIpc) is 2.30. The third kappa shape index (κ3) is 1.21. The molecule has 0 aromatic rings. The van der Waals surface area contributed by atoms with Gasteiger partial charge in [-0.05, 0) is 31.9 Å². The van der Waals surface area contributed by atoms with Crippen LogP contribution in [0, 0.1) is 0 Å². The maximum absolute atomic E-state index is 11.7. The molecule has 0 radical (unpaired) electrons. The van der Waals surface area contributed by atoms with Crippen molar-refractivity contribution >= 4 is 21.7 Å². The molecule has 1 saturated heterocycles. The van der Waals surface area contributed by atoms with Crippen LogP contribution >= 0.6 is 15.9 Å². The van der Waals surface area contributed by atoms with Gasteiger partial charge in [0.15, 0.2) is 5.78 Å². The minimum Gasteiger partial charge on any atom is -0.353 e. The van der Waals surface area contributed by atoms with E-state index in [4.69, 9.17) is 4.74 Å². The van der Waals surface area contributed by atoms with Gasteiger partial charge in [0.1, 0.15) is 5.60 Å². The zero-order chi connectivity index (χ0) is 9.69. The van der Waals surface area contributed by atoms with Crippen molar-refractivity contribution < 1.29 is 9.53 Å². The number of ether oxygens (including phenoxy) is 1. The average molecular weight is 245 g/mol. The van der Waals surface area contributed by atoms with Crippen molar-refractivity contribution in [3.05, 3.63) is 11.6 Å². The second-order valence-corrected chi connectivity index (χ2v) is 4.74. The van der Waals surface area contributed by atoms with E-state index in [2.05, 4.69) is 22.0 Å². The van der Waals surface area contributed by atoms with E-state index in [0.717, 1.165) is 17.3 Å². The summed E-state index contributed by atoms with van der Waals surface area (Å²) in [5, 5.41) is 0.727. The van der Waals surface area contributed by atoms with Crippen LogP contribution in [0.1, 0.15) is 26.7 Å². The monoisotopic (exact) mass is 244 g/mol. The fourth-order valence-corrected chi connectivity index (χ4v) is 2.89. The minimum absolute atomic E-state index is 0.203. The van der Waals surface area contributed by atoms with Crippen molar-refractivity contribution in [2.45, 2.75) is 37.9 Å². The lowest BCUT2D eigenvalue weighted by Crippen LogP contribution is -2.46. The molecule has 2 rings (SSSR count). The molecule has 2 unspecified atom stereocenters. The van der Waals surface area contributed by atoms with Gasteiger partial charge in [0.25, 0.3) is 0 Å². The Morgan fingerprint density at radius 2 is 2.31 bits per heavy atom. The molecule has 2 atom stereocenters. The predicted octanol–water partition coefficient (Wildman–Crippen LogP) is 2.22. The SMILES string of the molecule is CC12C=C(CBr)C(C)(O1)C(=O)CC2. The Morgan fingerprint density at radius 3 is 2.92 bits per heavy atom. The topological polar surface area (TPSA) is 26.3 Å². The molecule has 0 aromatic heterocycles. The Bertz CT molecular complexity index is 297. The van der Waals surface area contributed by atoms with Gasteiger partial charge in [0.05, 0.1) is 5.60 Å². The summed E-state index contributed by atoms with van der Waals surface area (Å²) in [6.45, 7) is 3.93. The van der Waals surface area contributed by atoms with E-state index in [1.807, 2.05) is 13.8 Å². The van der Waals surface area contributed by atoms with Crippen LogP contribution in [0.5, 0.6) is 0 Å². The summed E-state index contributed by atoms with van der Waals surface area (Å²) >= 11 is 3.40. The minimum atomic E-state index is -0.642. The van der Waals surface area contributed by atoms with Crippen molar-refractivity contribution in [2.75, 3.05) is 5.33 Å². The molecule has 0 spiro atoms. The van der Waals surface area contributed by atoms with E-state index >= 15 is 0 Å². The summed E-state index contributed by atoms with van der Waals surface area (Å²) in [6, 6.07) is 0. The Labute approximate surface area is 86.5 Å².